The monoisotopic (exact) mass is 484 g/mol. The number of nitrogens with zero attached hydrogens (tertiary/aromatic N) is 4. The zero-order valence-corrected chi connectivity index (χ0v) is 22.5. The van der Waals surface area contributed by atoms with Crippen LogP contribution < -0.4 is 0 Å². The van der Waals surface area contributed by atoms with Crippen LogP contribution in [0.5, 0.6) is 0 Å². The maximum atomic E-state index is 4.16. The summed E-state index contributed by atoms with van der Waals surface area (Å²) in [5.41, 5.74) is 4.22. The summed E-state index contributed by atoms with van der Waals surface area (Å²) in [6.45, 7) is 5.93. The standard InChI is InChI=1S/2C11H15N.C10H14N2/c2*1-9-4-2-6-11(9)10-5-3-7-12-8-10;1-12-7-3-5-10(12)9-4-2-6-11-8-9/h2*3,5,7-9,11H,2,4,6H2,1H3;2,4,6,8,10H,3,5,7H2,1H3/t2*9?,11-;10-/m110/s1. The molecule has 5 atom stereocenters. The van der Waals surface area contributed by atoms with Gasteiger partial charge in [0.2, 0.25) is 0 Å². The summed E-state index contributed by atoms with van der Waals surface area (Å²) in [6, 6.07) is 13.3. The normalized spacial score (nSPS) is 27.6. The minimum absolute atomic E-state index is 0.610. The Morgan fingerprint density at radius 2 is 1.08 bits per heavy atom. The molecule has 0 N–H and O–H groups in total. The van der Waals surface area contributed by atoms with Gasteiger partial charge in [0.15, 0.2) is 0 Å². The highest BCUT2D eigenvalue weighted by Crippen LogP contribution is 2.39. The lowest BCUT2D eigenvalue weighted by Crippen LogP contribution is -2.17. The molecule has 0 bridgehead atoms. The van der Waals surface area contributed by atoms with Gasteiger partial charge >= 0.3 is 0 Å². The molecule has 0 amide bonds. The lowest BCUT2D eigenvalue weighted by Gasteiger charge is -2.18. The fourth-order valence-corrected chi connectivity index (χ4v) is 6.38. The van der Waals surface area contributed by atoms with E-state index in [4.69, 9.17) is 0 Å². The topological polar surface area (TPSA) is 41.9 Å². The maximum Gasteiger partial charge on any atom is 0.0360 e. The first-order valence-corrected chi connectivity index (χ1v) is 14.0. The Labute approximate surface area is 218 Å². The molecule has 1 aliphatic heterocycles. The summed E-state index contributed by atoms with van der Waals surface area (Å²) in [7, 11) is 2.19. The van der Waals surface area contributed by atoms with Gasteiger partial charge in [0, 0.05) is 43.2 Å². The summed E-state index contributed by atoms with van der Waals surface area (Å²) in [4.78, 5) is 14.9. The highest BCUT2D eigenvalue weighted by atomic mass is 15.1. The van der Waals surface area contributed by atoms with Crippen molar-refractivity contribution in [3.05, 3.63) is 90.3 Å². The van der Waals surface area contributed by atoms with Crippen molar-refractivity contribution in [1.29, 1.82) is 0 Å². The van der Waals surface area contributed by atoms with Crippen molar-refractivity contribution in [1.82, 2.24) is 19.9 Å². The Morgan fingerprint density at radius 1 is 0.611 bits per heavy atom. The molecule has 3 aliphatic rings. The second kappa shape index (κ2) is 13.6. The summed E-state index contributed by atoms with van der Waals surface area (Å²) < 4.78 is 0. The van der Waals surface area contributed by atoms with E-state index in [0.29, 0.717) is 6.04 Å². The molecule has 0 spiro atoms. The molecule has 4 nitrogen and oxygen atoms in total. The van der Waals surface area contributed by atoms with E-state index >= 15 is 0 Å². The van der Waals surface area contributed by atoms with E-state index in [0.717, 1.165) is 23.7 Å². The van der Waals surface area contributed by atoms with E-state index < -0.39 is 0 Å². The molecule has 4 heteroatoms. The quantitative estimate of drug-likeness (QED) is 0.380. The van der Waals surface area contributed by atoms with E-state index in [-0.39, 0.29) is 0 Å². The minimum Gasteiger partial charge on any atom is -0.299 e. The first-order chi connectivity index (χ1) is 17.6. The van der Waals surface area contributed by atoms with Crippen molar-refractivity contribution < 1.29 is 0 Å². The summed E-state index contributed by atoms with van der Waals surface area (Å²) in [5, 5.41) is 0. The molecule has 3 aromatic heterocycles. The first kappa shape index (κ1) is 26.5. The van der Waals surface area contributed by atoms with Gasteiger partial charge in [-0.05, 0) is 97.8 Å². The van der Waals surface area contributed by atoms with Crippen molar-refractivity contribution in [2.75, 3.05) is 13.6 Å². The van der Waals surface area contributed by atoms with Crippen molar-refractivity contribution >= 4 is 0 Å². The molecule has 6 rings (SSSR count). The molecule has 2 aliphatic carbocycles. The zero-order chi connectivity index (χ0) is 25.2. The number of likely N-dealkylation sites (tertiary alicyclic amines) is 1. The highest BCUT2D eigenvalue weighted by Gasteiger charge is 2.25. The lowest BCUT2D eigenvalue weighted by molar-refractivity contribution is 0.317. The molecule has 1 saturated heterocycles. The number of rotatable bonds is 3. The van der Waals surface area contributed by atoms with Gasteiger partial charge < -0.3 is 0 Å². The number of hydrogen-bond donors (Lipinski definition) is 0. The first-order valence-electron chi connectivity index (χ1n) is 14.0. The SMILES string of the molecule is CC1CCC[C@H]1c1cccnc1.CC1CCC[C@H]1c1cccnc1.CN1CCC[C@H]1c1cccnc1. The lowest BCUT2D eigenvalue weighted by atomic mass is 9.92. The Morgan fingerprint density at radius 3 is 1.42 bits per heavy atom. The van der Waals surface area contributed by atoms with Crippen LogP contribution in [0.3, 0.4) is 0 Å². The van der Waals surface area contributed by atoms with Gasteiger partial charge in [0.1, 0.15) is 0 Å². The van der Waals surface area contributed by atoms with E-state index in [2.05, 4.69) is 58.9 Å². The summed E-state index contributed by atoms with van der Waals surface area (Å²) >= 11 is 0. The summed E-state index contributed by atoms with van der Waals surface area (Å²) in [5.74, 6) is 3.26. The number of aromatic nitrogens is 3. The molecule has 192 valence electrons. The van der Waals surface area contributed by atoms with Crippen LogP contribution >= 0.6 is 0 Å². The average molecular weight is 485 g/mol. The number of pyridine rings is 3. The highest BCUT2D eigenvalue weighted by molar-refractivity contribution is 5.18. The Bertz CT molecular complexity index is 862. The van der Waals surface area contributed by atoms with Crippen LogP contribution in [-0.2, 0) is 0 Å². The van der Waals surface area contributed by atoms with Crippen LogP contribution in [-0.4, -0.2) is 33.4 Å². The van der Waals surface area contributed by atoms with E-state index in [1.54, 1.807) is 0 Å². The fraction of sp³-hybridized carbons (Fsp3) is 0.531. The molecule has 2 unspecified atom stereocenters. The maximum absolute atomic E-state index is 4.16. The Balaban J connectivity index is 0.000000127. The molecule has 3 fully saturated rings. The van der Waals surface area contributed by atoms with Crippen LogP contribution in [0.1, 0.15) is 99.8 Å². The predicted octanol–water partition coefficient (Wildman–Crippen LogP) is 7.82. The van der Waals surface area contributed by atoms with Crippen LogP contribution in [0.2, 0.25) is 0 Å². The summed E-state index contributed by atoms with van der Waals surface area (Å²) in [6.07, 6.45) is 22.4. The van der Waals surface area contributed by atoms with Crippen molar-refractivity contribution in [2.45, 2.75) is 83.1 Å². The second-order valence-electron chi connectivity index (χ2n) is 11.0. The smallest absolute Gasteiger partial charge is 0.0360 e. The van der Waals surface area contributed by atoms with Crippen molar-refractivity contribution in [3.63, 3.8) is 0 Å². The third kappa shape index (κ3) is 7.22. The third-order valence-electron chi connectivity index (χ3n) is 8.54. The van der Waals surface area contributed by atoms with Crippen molar-refractivity contribution in [2.24, 2.45) is 11.8 Å². The van der Waals surface area contributed by atoms with Crippen molar-refractivity contribution in [3.8, 4) is 0 Å². The fourth-order valence-electron chi connectivity index (χ4n) is 6.38. The molecular formula is C32H44N4. The van der Waals surface area contributed by atoms with E-state index in [1.807, 2.05) is 55.4 Å². The molecule has 4 heterocycles. The minimum atomic E-state index is 0.610. The molecule has 3 aromatic rings. The van der Waals surface area contributed by atoms with Gasteiger partial charge in [0.05, 0.1) is 0 Å². The van der Waals surface area contributed by atoms with Crippen LogP contribution in [0.4, 0.5) is 0 Å². The van der Waals surface area contributed by atoms with Crippen LogP contribution in [0.25, 0.3) is 0 Å². The van der Waals surface area contributed by atoms with E-state index in [9.17, 15) is 0 Å². The van der Waals surface area contributed by atoms with Gasteiger partial charge in [-0.3, -0.25) is 19.9 Å². The van der Waals surface area contributed by atoms with Gasteiger partial charge in [-0.25, -0.2) is 0 Å². The Kier molecular flexibility index (Phi) is 10.0. The van der Waals surface area contributed by atoms with Gasteiger partial charge in [0.25, 0.3) is 0 Å². The van der Waals surface area contributed by atoms with Crippen LogP contribution in [0, 0.1) is 11.8 Å². The third-order valence-corrected chi connectivity index (χ3v) is 8.54. The molecule has 2 saturated carbocycles. The van der Waals surface area contributed by atoms with Gasteiger partial charge in [-0.2, -0.15) is 0 Å². The average Bonchev–Trinajstić information content (AvgIpc) is 3.67. The molecule has 36 heavy (non-hydrogen) atoms. The predicted molar refractivity (Wildman–Crippen MR) is 149 cm³/mol. The molecule has 0 aromatic carbocycles. The van der Waals surface area contributed by atoms with Gasteiger partial charge in [-0.15, -0.1) is 0 Å². The zero-order valence-electron chi connectivity index (χ0n) is 22.5. The number of hydrogen-bond acceptors (Lipinski definition) is 4. The van der Waals surface area contributed by atoms with Crippen LogP contribution in [0.15, 0.2) is 73.6 Å². The molecule has 0 radical (unpaired) electrons. The van der Waals surface area contributed by atoms with Gasteiger partial charge in [-0.1, -0.05) is 57.7 Å². The largest absolute Gasteiger partial charge is 0.299 e. The molecular weight excluding hydrogens is 440 g/mol. The second-order valence-corrected chi connectivity index (χ2v) is 11.0. The van der Waals surface area contributed by atoms with E-state index in [1.165, 1.54) is 74.6 Å². The Hall–Kier alpha value is -2.59.